The Morgan fingerprint density at radius 3 is 2.17 bits per heavy atom. The largest absolute Gasteiger partial charge is 0.550 e. The van der Waals surface area contributed by atoms with Gasteiger partial charge in [0.05, 0.1) is 16.3 Å². The molecule has 7 atom stereocenters. The third-order valence-electron chi connectivity index (χ3n) is 10.3. The Balaban J connectivity index is 2.19. The van der Waals surface area contributed by atoms with Crippen LogP contribution in [0.1, 0.15) is 99.5 Å². The van der Waals surface area contributed by atoms with E-state index in [4.69, 9.17) is 13.0 Å². The molecule has 2 fully saturated rings. The predicted octanol–water partition coefficient (Wildman–Crippen LogP) is 9.83. The molecule has 1 unspecified atom stereocenters. The fourth-order valence-electron chi connectivity index (χ4n) is 7.93. The third-order valence-corrected chi connectivity index (χ3v) is 13.3. The fourth-order valence-corrected chi connectivity index (χ4v) is 11.1. The quantitative estimate of drug-likeness (QED) is 0.0842. The van der Waals surface area contributed by atoms with Crippen LogP contribution in [-0.2, 0) is 23.2 Å². The summed E-state index contributed by atoms with van der Waals surface area (Å²) >= 11 is 0. The molecular formula is C38H66O5SSi2. The molecule has 1 aromatic carbocycles. The fraction of sp³-hybridized carbons (Fsp3) is 0.737. The van der Waals surface area contributed by atoms with E-state index in [1.807, 2.05) is 19.1 Å². The van der Waals surface area contributed by atoms with Gasteiger partial charge in [0.25, 0.3) is 10.1 Å². The van der Waals surface area contributed by atoms with Gasteiger partial charge in [0.15, 0.2) is 9.04 Å². The summed E-state index contributed by atoms with van der Waals surface area (Å²) in [6.45, 7) is 34.0. The molecule has 0 amide bonds. The van der Waals surface area contributed by atoms with Gasteiger partial charge in [0.1, 0.15) is 6.10 Å². The number of allylic oxidation sites excluding steroid dienone is 2. The van der Waals surface area contributed by atoms with Crippen LogP contribution in [0.15, 0.2) is 53.1 Å². The van der Waals surface area contributed by atoms with Crippen LogP contribution in [0.2, 0.25) is 26.2 Å². The molecule has 0 N–H and O–H groups in total. The molecule has 5 nitrogen and oxygen atoms in total. The summed E-state index contributed by atoms with van der Waals surface area (Å²) in [6, 6.07) is 6.90. The van der Waals surface area contributed by atoms with E-state index >= 15 is 0 Å². The van der Waals surface area contributed by atoms with Gasteiger partial charge in [0.2, 0.25) is 9.04 Å². The molecule has 0 heterocycles. The van der Waals surface area contributed by atoms with Crippen LogP contribution in [0.4, 0.5) is 0 Å². The number of rotatable bonds is 14. The average Bonchev–Trinajstić information content (AvgIpc) is 3.35. The first-order valence-electron chi connectivity index (χ1n) is 17.9. The number of hydrogen-bond acceptors (Lipinski definition) is 5. The van der Waals surface area contributed by atoms with Crippen molar-refractivity contribution in [2.45, 2.75) is 144 Å². The van der Waals surface area contributed by atoms with E-state index in [1.54, 1.807) is 12.1 Å². The number of benzene rings is 1. The molecule has 262 valence electrons. The first kappa shape index (κ1) is 39.2. The number of aryl methyl sites for hydroxylation is 1. The lowest BCUT2D eigenvalue weighted by atomic mass is 9.70. The lowest BCUT2D eigenvalue weighted by Gasteiger charge is -2.38. The second kappa shape index (κ2) is 15.1. The SMILES string of the molecule is C=C1C[C@H]2[C@@H](C(=C[C@H](C[C@H](C)CCCC)C(C)(C)C)O[SiH](C)C)[C@H](C(C)(C)C)C[C@@]2(O[SiH](C)C)C1OS(=O)(=O)c1ccc(C)cc1. The van der Waals surface area contributed by atoms with Gasteiger partial charge < -0.3 is 8.85 Å². The van der Waals surface area contributed by atoms with Crippen LogP contribution in [0.5, 0.6) is 0 Å². The highest BCUT2D eigenvalue weighted by molar-refractivity contribution is 7.86. The molecule has 46 heavy (non-hydrogen) atoms. The third kappa shape index (κ3) is 9.28. The van der Waals surface area contributed by atoms with Crippen LogP contribution in [-0.4, -0.2) is 38.2 Å². The molecule has 0 aromatic heterocycles. The van der Waals surface area contributed by atoms with Crippen molar-refractivity contribution in [3.63, 3.8) is 0 Å². The van der Waals surface area contributed by atoms with Crippen molar-refractivity contribution < 1.29 is 21.5 Å². The average molecular weight is 691 g/mol. The highest BCUT2D eigenvalue weighted by Gasteiger charge is 2.66. The van der Waals surface area contributed by atoms with E-state index in [-0.39, 0.29) is 33.5 Å². The summed E-state index contributed by atoms with van der Waals surface area (Å²) in [6.07, 6.45) is 8.00. The summed E-state index contributed by atoms with van der Waals surface area (Å²) in [4.78, 5) is 0.174. The van der Waals surface area contributed by atoms with Crippen LogP contribution < -0.4 is 0 Å². The Kier molecular flexibility index (Phi) is 12.9. The van der Waals surface area contributed by atoms with Crippen LogP contribution in [0.3, 0.4) is 0 Å². The van der Waals surface area contributed by atoms with Gasteiger partial charge in [-0.2, -0.15) is 8.42 Å². The Morgan fingerprint density at radius 2 is 1.67 bits per heavy atom. The summed E-state index contributed by atoms with van der Waals surface area (Å²) in [5.74, 6) is 2.44. The highest BCUT2D eigenvalue weighted by Crippen LogP contribution is 2.64. The summed E-state index contributed by atoms with van der Waals surface area (Å²) in [7, 11) is -7.17. The summed E-state index contributed by atoms with van der Waals surface area (Å²) < 4.78 is 48.0. The second-order valence-corrected chi connectivity index (χ2v) is 23.5. The maximum absolute atomic E-state index is 13.8. The Morgan fingerprint density at radius 1 is 1.07 bits per heavy atom. The minimum absolute atomic E-state index is 0.0227. The maximum atomic E-state index is 13.8. The molecule has 0 saturated heterocycles. The zero-order valence-electron chi connectivity index (χ0n) is 31.4. The second-order valence-electron chi connectivity index (χ2n) is 17.2. The predicted molar refractivity (Wildman–Crippen MR) is 199 cm³/mol. The monoisotopic (exact) mass is 690 g/mol. The van der Waals surface area contributed by atoms with Crippen molar-refractivity contribution in [3.8, 4) is 0 Å². The van der Waals surface area contributed by atoms with Crippen molar-refractivity contribution >= 4 is 28.2 Å². The summed E-state index contributed by atoms with van der Waals surface area (Å²) in [5.41, 5.74) is 1.06. The molecule has 1 aromatic rings. The van der Waals surface area contributed by atoms with E-state index in [0.29, 0.717) is 18.3 Å². The van der Waals surface area contributed by atoms with Gasteiger partial charge in [-0.15, -0.1) is 0 Å². The highest BCUT2D eigenvalue weighted by atomic mass is 32.2. The Labute approximate surface area is 286 Å². The Bertz CT molecular complexity index is 1310. The zero-order chi connectivity index (χ0) is 34.8. The molecular weight excluding hydrogens is 625 g/mol. The van der Waals surface area contributed by atoms with Crippen molar-refractivity contribution in [3.05, 3.63) is 53.8 Å². The van der Waals surface area contributed by atoms with Gasteiger partial charge in [0, 0.05) is 11.8 Å². The minimum Gasteiger partial charge on any atom is -0.550 e. The van der Waals surface area contributed by atoms with Crippen molar-refractivity contribution in [2.75, 3.05) is 0 Å². The van der Waals surface area contributed by atoms with Gasteiger partial charge >= 0.3 is 0 Å². The zero-order valence-corrected chi connectivity index (χ0v) is 34.5. The molecule has 0 bridgehead atoms. The molecule has 2 aliphatic rings. The van der Waals surface area contributed by atoms with E-state index in [9.17, 15) is 8.42 Å². The number of fused-ring (bicyclic) bond motifs is 1. The smallest absolute Gasteiger partial charge is 0.297 e. The maximum Gasteiger partial charge on any atom is 0.297 e. The van der Waals surface area contributed by atoms with E-state index in [0.717, 1.165) is 29.7 Å². The van der Waals surface area contributed by atoms with Crippen LogP contribution >= 0.6 is 0 Å². The van der Waals surface area contributed by atoms with E-state index in [2.05, 4.69) is 94.2 Å². The Hall–Kier alpha value is -1.20. The van der Waals surface area contributed by atoms with Crippen LogP contribution in [0, 0.1) is 47.3 Å². The first-order valence-corrected chi connectivity index (χ1v) is 24.8. The van der Waals surface area contributed by atoms with Crippen molar-refractivity contribution in [1.29, 1.82) is 0 Å². The van der Waals surface area contributed by atoms with Crippen LogP contribution in [0.25, 0.3) is 0 Å². The number of unbranched alkanes of at least 4 members (excludes halogenated alkanes) is 1. The van der Waals surface area contributed by atoms with Gasteiger partial charge in [-0.05, 0) is 105 Å². The van der Waals surface area contributed by atoms with Crippen molar-refractivity contribution in [1.82, 2.24) is 0 Å². The van der Waals surface area contributed by atoms with Gasteiger partial charge in [-0.25, -0.2) is 0 Å². The first-order chi connectivity index (χ1) is 21.1. The van der Waals surface area contributed by atoms with Crippen molar-refractivity contribution in [2.24, 2.45) is 40.4 Å². The lowest BCUT2D eigenvalue weighted by molar-refractivity contribution is -0.0324. The minimum atomic E-state index is -4.04. The topological polar surface area (TPSA) is 61.8 Å². The molecule has 8 heteroatoms. The lowest BCUT2D eigenvalue weighted by Crippen LogP contribution is -2.48. The molecule has 2 aliphatic carbocycles. The number of hydrogen-bond donors (Lipinski definition) is 0. The summed E-state index contributed by atoms with van der Waals surface area (Å²) in [5, 5.41) is 0. The molecule has 0 spiro atoms. The molecule has 3 rings (SSSR count). The normalized spacial score (nSPS) is 27.4. The molecule has 2 saturated carbocycles. The van der Waals surface area contributed by atoms with E-state index in [1.165, 1.54) is 19.3 Å². The van der Waals surface area contributed by atoms with Gasteiger partial charge in [-0.3, -0.25) is 4.18 Å². The van der Waals surface area contributed by atoms with E-state index < -0.39 is 39.9 Å². The molecule has 0 aliphatic heterocycles. The molecule has 0 radical (unpaired) electrons. The standard InChI is InChI=1S/C38H66O5SSi2/c1-15-16-17-27(3)22-29(36(5,6)7)24-33(42-45(11)12)34-31-23-28(4)35(41-44(39,40)30-20-18-26(2)19-21-30)38(31,43-46(13)14)25-32(34)37(8,9)10/h18-21,24,27,29,31-32,34-35,45-46H,4,15-17,22-23,25H2,1-3,5-14H3/t27-,29+,31+,32-,34-,35?,38+/m1/s1. The van der Waals surface area contributed by atoms with Gasteiger partial charge in [-0.1, -0.05) is 98.9 Å².